The lowest BCUT2D eigenvalue weighted by Crippen LogP contribution is -2.49. The van der Waals surface area contributed by atoms with Crippen LogP contribution in [0.5, 0.6) is 0 Å². The van der Waals surface area contributed by atoms with E-state index in [4.69, 9.17) is 4.99 Å². The Balaban J connectivity index is 1.39. The van der Waals surface area contributed by atoms with Gasteiger partial charge in [-0.25, -0.2) is 9.98 Å². The maximum absolute atomic E-state index is 4.84. The van der Waals surface area contributed by atoms with Gasteiger partial charge in [-0.05, 0) is 44.4 Å². The molecule has 0 bridgehead atoms. The number of aryl methyl sites for hydroxylation is 2. The highest BCUT2D eigenvalue weighted by Gasteiger charge is 2.21. The Bertz CT molecular complexity index is 1040. The van der Waals surface area contributed by atoms with Gasteiger partial charge in [0, 0.05) is 31.9 Å². The highest BCUT2D eigenvalue weighted by molar-refractivity contribution is 5.80. The van der Waals surface area contributed by atoms with Crippen LogP contribution in [0.1, 0.15) is 35.7 Å². The van der Waals surface area contributed by atoms with Gasteiger partial charge in [-0.1, -0.05) is 36.4 Å². The molecular formula is C24H32N8. The first-order chi connectivity index (χ1) is 15.6. The van der Waals surface area contributed by atoms with Crippen LogP contribution < -0.4 is 15.5 Å². The van der Waals surface area contributed by atoms with Crippen LogP contribution in [0.4, 0.5) is 5.82 Å². The molecule has 32 heavy (non-hydrogen) atoms. The first-order valence-corrected chi connectivity index (χ1v) is 11.2. The fourth-order valence-electron chi connectivity index (χ4n) is 3.83. The molecule has 1 aliphatic heterocycles. The summed E-state index contributed by atoms with van der Waals surface area (Å²) in [5, 5.41) is 15.5. The van der Waals surface area contributed by atoms with E-state index in [9.17, 15) is 0 Å². The fourth-order valence-corrected chi connectivity index (χ4v) is 3.83. The van der Waals surface area contributed by atoms with Crippen molar-refractivity contribution in [2.24, 2.45) is 12.0 Å². The SMILES string of the molecule is Cc1cccc(N2CCC(NC(=NCc3ccccc3)NCc3nnc(C)n3C)CC2)n1. The summed E-state index contributed by atoms with van der Waals surface area (Å²) in [6.45, 7) is 7.14. The van der Waals surface area contributed by atoms with Crippen molar-refractivity contribution >= 4 is 11.8 Å². The first-order valence-electron chi connectivity index (χ1n) is 11.2. The van der Waals surface area contributed by atoms with E-state index >= 15 is 0 Å². The number of aliphatic imine (C=N–C) groups is 1. The van der Waals surface area contributed by atoms with Crippen molar-refractivity contribution in [1.29, 1.82) is 0 Å². The van der Waals surface area contributed by atoms with Gasteiger partial charge < -0.3 is 20.1 Å². The third kappa shape index (κ3) is 5.63. The molecule has 2 aromatic heterocycles. The van der Waals surface area contributed by atoms with Crippen molar-refractivity contribution < 1.29 is 0 Å². The van der Waals surface area contributed by atoms with Crippen LogP contribution in [0.3, 0.4) is 0 Å². The summed E-state index contributed by atoms with van der Waals surface area (Å²) in [5.74, 6) is 3.66. The van der Waals surface area contributed by atoms with Gasteiger partial charge >= 0.3 is 0 Å². The van der Waals surface area contributed by atoms with Gasteiger partial charge in [-0.2, -0.15) is 0 Å². The zero-order chi connectivity index (χ0) is 22.3. The van der Waals surface area contributed by atoms with E-state index in [0.717, 1.165) is 55.1 Å². The van der Waals surface area contributed by atoms with Crippen LogP contribution in [-0.2, 0) is 20.1 Å². The summed E-state index contributed by atoms with van der Waals surface area (Å²) < 4.78 is 2.00. The standard InChI is InChI=1S/C24H32N8/c1-18-8-7-11-22(27-18)32-14-12-21(13-15-32)28-24(25-16-20-9-5-4-6-10-20)26-17-23-30-29-19(2)31(23)3/h4-11,21H,12-17H2,1-3H3,(H2,25,26,28). The minimum atomic E-state index is 0.360. The lowest BCUT2D eigenvalue weighted by molar-refractivity contribution is 0.458. The summed E-state index contributed by atoms with van der Waals surface area (Å²) in [5.41, 5.74) is 2.24. The second kappa shape index (κ2) is 10.3. The van der Waals surface area contributed by atoms with Crippen molar-refractivity contribution in [2.75, 3.05) is 18.0 Å². The number of rotatable bonds is 6. The number of hydrogen-bond donors (Lipinski definition) is 2. The van der Waals surface area contributed by atoms with Crippen LogP contribution in [-0.4, -0.2) is 44.8 Å². The lowest BCUT2D eigenvalue weighted by atomic mass is 10.1. The molecule has 0 aliphatic carbocycles. The second-order valence-electron chi connectivity index (χ2n) is 8.27. The third-order valence-electron chi connectivity index (χ3n) is 5.89. The Morgan fingerprint density at radius 2 is 1.81 bits per heavy atom. The van der Waals surface area contributed by atoms with Crippen molar-refractivity contribution in [3.8, 4) is 0 Å². The molecule has 2 N–H and O–H groups in total. The molecule has 1 aromatic carbocycles. The number of pyridine rings is 1. The van der Waals surface area contributed by atoms with Crippen molar-refractivity contribution in [2.45, 2.75) is 45.8 Å². The Morgan fingerprint density at radius 1 is 1.03 bits per heavy atom. The molecule has 0 unspecified atom stereocenters. The summed E-state index contributed by atoms with van der Waals surface area (Å²) in [6.07, 6.45) is 2.06. The third-order valence-corrected chi connectivity index (χ3v) is 5.89. The molecule has 3 aromatic rings. The number of guanidine groups is 1. The van der Waals surface area contributed by atoms with Gasteiger partial charge in [0.15, 0.2) is 11.8 Å². The molecule has 3 heterocycles. The Kier molecular flexibility index (Phi) is 6.99. The van der Waals surface area contributed by atoms with Gasteiger partial charge in [-0.3, -0.25) is 0 Å². The Morgan fingerprint density at radius 3 is 2.50 bits per heavy atom. The maximum Gasteiger partial charge on any atom is 0.192 e. The lowest BCUT2D eigenvalue weighted by Gasteiger charge is -2.34. The highest BCUT2D eigenvalue weighted by Crippen LogP contribution is 2.18. The van der Waals surface area contributed by atoms with Crippen LogP contribution >= 0.6 is 0 Å². The largest absolute Gasteiger partial charge is 0.356 e. The maximum atomic E-state index is 4.84. The molecule has 0 amide bonds. The smallest absolute Gasteiger partial charge is 0.192 e. The molecule has 1 fully saturated rings. The topological polar surface area (TPSA) is 83.3 Å². The van der Waals surface area contributed by atoms with Crippen LogP contribution in [0.25, 0.3) is 0 Å². The van der Waals surface area contributed by atoms with Gasteiger partial charge in [0.1, 0.15) is 11.6 Å². The van der Waals surface area contributed by atoms with Crippen LogP contribution in [0.15, 0.2) is 53.5 Å². The zero-order valence-corrected chi connectivity index (χ0v) is 19.1. The Labute approximate surface area is 189 Å². The van der Waals surface area contributed by atoms with E-state index in [1.165, 1.54) is 5.56 Å². The molecule has 0 radical (unpaired) electrons. The average molecular weight is 433 g/mol. The molecule has 0 saturated carbocycles. The van der Waals surface area contributed by atoms with E-state index < -0.39 is 0 Å². The van der Waals surface area contributed by atoms with Crippen LogP contribution in [0.2, 0.25) is 0 Å². The number of nitrogens with zero attached hydrogens (tertiary/aromatic N) is 6. The van der Waals surface area contributed by atoms with E-state index in [1.54, 1.807) is 0 Å². The highest BCUT2D eigenvalue weighted by atomic mass is 15.3. The monoisotopic (exact) mass is 432 g/mol. The second-order valence-corrected chi connectivity index (χ2v) is 8.27. The minimum absolute atomic E-state index is 0.360. The molecule has 1 aliphatic rings. The Hall–Kier alpha value is -3.42. The number of aromatic nitrogens is 4. The number of benzene rings is 1. The summed E-state index contributed by atoms with van der Waals surface area (Å²) in [4.78, 5) is 11.9. The van der Waals surface area contributed by atoms with Crippen molar-refractivity contribution in [1.82, 2.24) is 30.4 Å². The number of anilines is 1. The fraction of sp³-hybridized carbons (Fsp3) is 0.417. The number of piperidine rings is 1. The zero-order valence-electron chi connectivity index (χ0n) is 19.1. The molecule has 0 atom stereocenters. The predicted molar refractivity (Wildman–Crippen MR) is 128 cm³/mol. The van der Waals surface area contributed by atoms with E-state index in [-0.39, 0.29) is 0 Å². The molecule has 8 nitrogen and oxygen atoms in total. The molecular weight excluding hydrogens is 400 g/mol. The summed E-state index contributed by atoms with van der Waals surface area (Å²) in [7, 11) is 1.98. The van der Waals surface area contributed by atoms with Gasteiger partial charge in [0.25, 0.3) is 0 Å². The van der Waals surface area contributed by atoms with Crippen molar-refractivity contribution in [3.05, 3.63) is 71.4 Å². The normalized spacial score (nSPS) is 15.1. The van der Waals surface area contributed by atoms with Crippen molar-refractivity contribution in [3.63, 3.8) is 0 Å². The minimum Gasteiger partial charge on any atom is -0.356 e. The van der Waals surface area contributed by atoms with E-state index in [2.05, 4.69) is 55.0 Å². The first kappa shape index (κ1) is 21.8. The molecule has 1 saturated heterocycles. The summed E-state index contributed by atoms with van der Waals surface area (Å²) >= 11 is 0. The van der Waals surface area contributed by atoms with E-state index in [0.29, 0.717) is 19.1 Å². The van der Waals surface area contributed by atoms with Crippen LogP contribution in [0, 0.1) is 13.8 Å². The predicted octanol–water partition coefficient (Wildman–Crippen LogP) is 2.73. The number of nitrogens with one attached hydrogen (secondary N) is 2. The van der Waals surface area contributed by atoms with Gasteiger partial charge in [0.05, 0.1) is 13.1 Å². The molecule has 8 heteroatoms. The number of hydrogen-bond acceptors (Lipinski definition) is 5. The average Bonchev–Trinajstić information content (AvgIpc) is 3.14. The van der Waals surface area contributed by atoms with E-state index in [1.807, 2.05) is 49.7 Å². The molecule has 4 rings (SSSR count). The summed E-state index contributed by atoms with van der Waals surface area (Å²) in [6, 6.07) is 16.9. The molecule has 0 spiro atoms. The van der Waals surface area contributed by atoms with Gasteiger partial charge in [0.2, 0.25) is 0 Å². The quantitative estimate of drug-likeness (QED) is 0.460. The van der Waals surface area contributed by atoms with Gasteiger partial charge in [-0.15, -0.1) is 10.2 Å². The molecule has 168 valence electrons.